The molecule has 0 fully saturated rings. The smallest absolute Gasteiger partial charge is 0.216 e. The molecule has 0 atom stereocenters. The Labute approximate surface area is 126 Å². The molecule has 0 amide bonds. The van der Waals surface area contributed by atoms with Gasteiger partial charge in [0, 0.05) is 12.0 Å². The fraction of sp³-hybridized carbons (Fsp3) is 0.250. The molecule has 0 radical (unpaired) electrons. The van der Waals surface area contributed by atoms with Crippen LogP contribution in [0.2, 0.25) is 10.0 Å². The maximum Gasteiger partial charge on any atom is 0.216 e. The lowest BCUT2D eigenvalue weighted by Gasteiger charge is -2.01. The minimum Gasteiger partial charge on any atom is -0.250 e. The van der Waals surface area contributed by atoms with Crippen molar-refractivity contribution in [1.29, 1.82) is 0 Å². The van der Waals surface area contributed by atoms with Gasteiger partial charge in [-0.05, 0) is 24.7 Å². The van der Waals surface area contributed by atoms with E-state index in [1.807, 2.05) is 12.1 Å². The van der Waals surface area contributed by atoms with Crippen molar-refractivity contribution in [2.75, 3.05) is 0 Å². The number of hydrogen-bond acceptors (Lipinski definition) is 3. The van der Waals surface area contributed by atoms with Gasteiger partial charge in [-0.3, -0.25) is 5.10 Å². The van der Waals surface area contributed by atoms with E-state index >= 15 is 0 Å². The number of H-pyrrole nitrogens is 1. The average Bonchev–Trinajstić information content (AvgIpc) is 2.73. The molecule has 0 spiro atoms. The molecule has 2 rings (SSSR count). The third-order valence-electron chi connectivity index (χ3n) is 2.48. The van der Waals surface area contributed by atoms with Gasteiger partial charge < -0.3 is 0 Å². The molecule has 1 aromatic heterocycles. The van der Waals surface area contributed by atoms with Crippen LogP contribution in [0.15, 0.2) is 23.3 Å². The van der Waals surface area contributed by atoms with Gasteiger partial charge in [0.05, 0.1) is 16.3 Å². The van der Waals surface area contributed by atoms with E-state index in [1.165, 1.54) is 0 Å². The number of nitrogens with zero attached hydrogens (tertiary/aromatic N) is 3. The van der Waals surface area contributed by atoms with Gasteiger partial charge >= 0.3 is 0 Å². The Morgan fingerprint density at radius 3 is 3.00 bits per heavy atom. The van der Waals surface area contributed by atoms with Crippen LogP contribution in [-0.2, 0) is 6.42 Å². The molecule has 0 aliphatic carbocycles. The minimum atomic E-state index is 0.456. The Balaban J connectivity index is 2.35. The molecule has 100 valence electrons. The normalized spacial score (nSPS) is 11.3. The third kappa shape index (κ3) is 3.23. The standard InChI is InChI=1S/C12H12Cl2N4S/c1-2-4-10-16-17-12(19)18(10)15-7-8-5-3-6-9(13)11(8)14/h3,5-7H,2,4H2,1H3,(H,17,19)/b15-7-. The van der Waals surface area contributed by atoms with Crippen LogP contribution in [0.3, 0.4) is 0 Å². The Morgan fingerprint density at radius 1 is 1.47 bits per heavy atom. The number of aromatic amines is 1. The molecule has 1 heterocycles. The molecule has 0 aliphatic rings. The molecule has 1 N–H and O–H groups in total. The van der Waals surface area contributed by atoms with E-state index < -0.39 is 0 Å². The highest BCUT2D eigenvalue weighted by Gasteiger charge is 2.05. The molecule has 1 aromatic carbocycles. The summed E-state index contributed by atoms with van der Waals surface area (Å²) in [6.45, 7) is 2.07. The predicted molar refractivity (Wildman–Crippen MR) is 80.9 cm³/mol. The first-order valence-electron chi connectivity index (χ1n) is 5.78. The van der Waals surface area contributed by atoms with Gasteiger partial charge in [-0.15, -0.1) is 0 Å². The number of rotatable bonds is 4. The van der Waals surface area contributed by atoms with Gasteiger partial charge in [0.25, 0.3) is 0 Å². The number of aryl methyl sites for hydroxylation is 1. The molecule has 2 aromatic rings. The number of benzene rings is 1. The molecule has 0 unspecified atom stereocenters. The summed E-state index contributed by atoms with van der Waals surface area (Å²) in [4.78, 5) is 0. The van der Waals surface area contributed by atoms with Crippen molar-refractivity contribution < 1.29 is 0 Å². The third-order valence-corrected chi connectivity index (χ3v) is 3.58. The first-order valence-corrected chi connectivity index (χ1v) is 6.94. The van der Waals surface area contributed by atoms with Crippen molar-refractivity contribution in [2.24, 2.45) is 5.10 Å². The highest BCUT2D eigenvalue weighted by atomic mass is 35.5. The second-order valence-electron chi connectivity index (χ2n) is 3.89. The SMILES string of the molecule is CCCc1n[nH]c(=S)n1/N=C\c1cccc(Cl)c1Cl. The van der Waals surface area contributed by atoms with Gasteiger partial charge in [0.2, 0.25) is 4.77 Å². The zero-order valence-corrected chi connectivity index (χ0v) is 12.6. The maximum absolute atomic E-state index is 6.09. The van der Waals surface area contributed by atoms with Crippen LogP contribution in [-0.4, -0.2) is 21.1 Å². The Bertz CT molecular complexity index is 660. The van der Waals surface area contributed by atoms with E-state index in [9.17, 15) is 0 Å². The van der Waals surface area contributed by atoms with Crippen molar-refractivity contribution in [3.63, 3.8) is 0 Å². The maximum atomic E-state index is 6.09. The lowest BCUT2D eigenvalue weighted by atomic mass is 10.2. The van der Waals surface area contributed by atoms with Crippen LogP contribution in [0.4, 0.5) is 0 Å². The number of halogens is 2. The first-order chi connectivity index (χ1) is 9.13. The van der Waals surface area contributed by atoms with E-state index in [0.29, 0.717) is 14.8 Å². The highest BCUT2D eigenvalue weighted by Crippen LogP contribution is 2.24. The topological polar surface area (TPSA) is 46.0 Å². The average molecular weight is 315 g/mol. The van der Waals surface area contributed by atoms with E-state index in [0.717, 1.165) is 24.2 Å². The quantitative estimate of drug-likeness (QED) is 0.682. The fourth-order valence-electron chi connectivity index (χ4n) is 1.57. The first kappa shape index (κ1) is 14.2. The fourth-order valence-corrected chi connectivity index (χ4v) is 2.12. The van der Waals surface area contributed by atoms with Crippen LogP contribution >= 0.6 is 35.4 Å². The molecule has 0 saturated heterocycles. The van der Waals surface area contributed by atoms with Gasteiger partial charge in [0.1, 0.15) is 0 Å². The number of hydrogen-bond donors (Lipinski definition) is 1. The van der Waals surface area contributed by atoms with Crippen LogP contribution in [0, 0.1) is 4.77 Å². The van der Waals surface area contributed by atoms with E-state index in [1.54, 1.807) is 17.0 Å². The number of nitrogens with one attached hydrogen (secondary N) is 1. The zero-order valence-electron chi connectivity index (χ0n) is 10.2. The highest BCUT2D eigenvalue weighted by molar-refractivity contribution is 7.71. The molecule has 0 saturated carbocycles. The summed E-state index contributed by atoms with van der Waals surface area (Å²) in [5.74, 6) is 0.793. The Kier molecular flexibility index (Phi) is 4.74. The Hall–Kier alpha value is -1.17. The number of aromatic nitrogens is 3. The van der Waals surface area contributed by atoms with E-state index in [4.69, 9.17) is 35.4 Å². The van der Waals surface area contributed by atoms with E-state index in [2.05, 4.69) is 22.2 Å². The van der Waals surface area contributed by atoms with Gasteiger partial charge in [0.15, 0.2) is 5.82 Å². The van der Waals surface area contributed by atoms with E-state index in [-0.39, 0.29) is 0 Å². The van der Waals surface area contributed by atoms with Gasteiger partial charge in [-0.1, -0.05) is 42.3 Å². The summed E-state index contributed by atoms with van der Waals surface area (Å²) in [7, 11) is 0. The predicted octanol–water partition coefficient (Wildman–Crippen LogP) is 4.08. The molecular formula is C12H12Cl2N4S. The summed E-state index contributed by atoms with van der Waals surface area (Å²) in [6.07, 6.45) is 3.39. The van der Waals surface area contributed by atoms with Gasteiger partial charge in [-0.2, -0.15) is 14.9 Å². The molecule has 19 heavy (non-hydrogen) atoms. The van der Waals surface area contributed by atoms with Crippen LogP contribution in [0.5, 0.6) is 0 Å². The molecule has 7 heteroatoms. The van der Waals surface area contributed by atoms with Crippen molar-refractivity contribution in [2.45, 2.75) is 19.8 Å². The van der Waals surface area contributed by atoms with Gasteiger partial charge in [-0.25, -0.2) is 0 Å². The second-order valence-corrected chi connectivity index (χ2v) is 5.07. The zero-order chi connectivity index (χ0) is 13.8. The summed E-state index contributed by atoms with van der Waals surface area (Å²) in [6, 6.07) is 5.38. The molecule has 0 aliphatic heterocycles. The monoisotopic (exact) mass is 314 g/mol. The van der Waals surface area contributed by atoms with Crippen molar-refractivity contribution >= 4 is 41.6 Å². The largest absolute Gasteiger partial charge is 0.250 e. The van der Waals surface area contributed by atoms with Crippen molar-refractivity contribution in [1.82, 2.24) is 14.9 Å². The minimum absolute atomic E-state index is 0.456. The summed E-state index contributed by atoms with van der Waals surface area (Å²) >= 11 is 17.2. The Morgan fingerprint density at radius 2 is 2.26 bits per heavy atom. The van der Waals surface area contributed by atoms with Crippen molar-refractivity contribution in [3.8, 4) is 0 Å². The van der Waals surface area contributed by atoms with Crippen LogP contribution in [0.1, 0.15) is 24.7 Å². The second kappa shape index (κ2) is 6.32. The summed E-state index contributed by atoms with van der Waals surface area (Å²) in [5, 5.41) is 12.1. The summed E-state index contributed by atoms with van der Waals surface area (Å²) in [5.41, 5.74) is 0.736. The molecule has 4 nitrogen and oxygen atoms in total. The lowest BCUT2D eigenvalue weighted by Crippen LogP contribution is -1.99. The van der Waals surface area contributed by atoms with Crippen molar-refractivity contribution in [3.05, 3.63) is 44.4 Å². The molecular weight excluding hydrogens is 303 g/mol. The van der Waals surface area contributed by atoms with Crippen LogP contribution < -0.4 is 0 Å². The van der Waals surface area contributed by atoms with Crippen LogP contribution in [0.25, 0.3) is 0 Å². The summed E-state index contributed by atoms with van der Waals surface area (Å²) < 4.78 is 2.05. The molecule has 0 bridgehead atoms. The lowest BCUT2D eigenvalue weighted by molar-refractivity contribution is 0.740.